The molecule has 0 aliphatic heterocycles. The Hall–Kier alpha value is -1.22. The Labute approximate surface area is 78.2 Å². The first-order valence-corrected chi connectivity index (χ1v) is 4.04. The maximum Gasteiger partial charge on any atom is 0.188 e. The van der Waals surface area contributed by atoms with Crippen molar-refractivity contribution in [1.82, 2.24) is 0 Å². The molecule has 0 saturated carbocycles. The first kappa shape index (κ1) is 9.86. The van der Waals surface area contributed by atoms with E-state index in [0.717, 1.165) is 17.1 Å². The lowest BCUT2D eigenvalue weighted by atomic mass is 10.2. The van der Waals surface area contributed by atoms with E-state index in [-0.39, 0.29) is 6.79 Å². The smallest absolute Gasteiger partial charge is 0.188 e. The quantitative estimate of drug-likeness (QED) is 0.666. The van der Waals surface area contributed by atoms with Crippen molar-refractivity contribution in [3.63, 3.8) is 0 Å². The Morgan fingerprint density at radius 3 is 2.62 bits per heavy atom. The molecule has 1 rings (SSSR count). The summed E-state index contributed by atoms with van der Waals surface area (Å²) in [6.45, 7) is 2.24. The van der Waals surface area contributed by atoms with Gasteiger partial charge in [0.15, 0.2) is 6.79 Å². The normalized spacial score (nSPS) is 9.77. The molecule has 1 aromatic carbocycles. The third-order valence-corrected chi connectivity index (χ3v) is 1.72. The Balaban J connectivity index is 2.74. The lowest BCUT2D eigenvalue weighted by Gasteiger charge is -2.08. The van der Waals surface area contributed by atoms with Crippen LogP contribution in [0.15, 0.2) is 18.2 Å². The molecule has 0 amide bonds. The number of benzene rings is 1. The van der Waals surface area contributed by atoms with Gasteiger partial charge in [0.2, 0.25) is 0 Å². The molecule has 0 N–H and O–H groups in total. The van der Waals surface area contributed by atoms with Crippen molar-refractivity contribution >= 4 is 0 Å². The Morgan fingerprint density at radius 2 is 2.00 bits per heavy atom. The van der Waals surface area contributed by atoms with Gasteiger partial charge in [-0.1, -0.05) is 6.07 Å². The van der Waals surface area contributed by atoms with E-state index in [1.807, 2.05) is 25.1 Å². The number of hydrogen-bond acceptors (Lipinski definition) is 3. The van der Waals surface area contributed by atoms with Gasteiger partial charge in [-0.05, 0) is 18.6 Å². The van der Waals surface area contributed by atoms with Crippen LogP contribution < -0.4 is 9.47 Å². The Morgan fingerprint density at radius 1 is 1.23 bits per heavy atom. The molecule has 0 aliphatic rings. The van der Waals surface area contributed by atoms with Gasteiger partial charge in [-0.2, -0.15) is 0 Å². The minimum Gasteiger partial charge on any atom is -0.496 e. The van der Waals surface area contributed by atoms with Crippen LogP contribution in [-0.4, -0.2) is 21.0 Å². The first-order valence-electron chi connectivity index (χ1n) is 4.04. The molecule has 3 heteroatoms. The van der Waals surface area contributed by atoms with Gasteiger partial charge < -0.3 is 14.2 Å². The molecule has 3 nitrogen and oxygen atoms in total. The zero-order chi connectivity index (χ0) is 9.68. The second-order valence-electron chi connectivity index (χ2n) is 2.68. The van der Waals surface area contributed by atoms with Crippen LogP contribution in [-0.2, 0) is 4.74 Å². The molecule has 72 valence electrons. The minimum absolute atomic E-state index is 0.256. The number of aryl methyl sites for hydroxylation is 1. The van der Waals surface area contributed by atoms with E-state index in [1.54, 1.807) is 14.2 Å². The highest BCUT2D eigenvalue weighted by Crippen LogP contribution is 2.23. The van der Waals surface area contributed by atoms with Gasteiger partial charge in [0.1, 0.15) is 11.5 Å². The minimum atomic E-state index is 0.256. The van der Waals surface area contributed by atoms with Gasteiger partial charge in [-0.3, -0.25) is 0 Å². The summed E-state index contributed by atoms with van der Waals surface area (Å²) in [5.41, 5.74) is 1.09. The molecule has 0 unspecified atom stereocenters. The molecule has 0 aromatic heterocycles. The van der Waals surface area contributed by atoms with Gasteiger partial charge >= 0.3 is 0 Å². The molecule has 0 fully saturated rings. The van der Waals surface area contributed by atoms with Crippen LogP contribution in [0.5, 0.6) is 11.5 Å². The Bertz CT molecular complexity index is 271. The second kappa shape index (κ2) is 4.72. The molecule has 1 aromatic rings. The van der Waals surface area contributed by atoms with Crippen LogP contribution in [0.2, 0.25) is 0 Å². The molecule has 0 radical (unpaired) electrons. The van der Waals surface area contributed by atoms with E-state index in [0.29, 0.717) is 0 Å². The van der Waals surface area contributed by atoms with Crippen molar-refractivity contribution in [1.29, 1.82) is 0 Å². The molecular weight excluding hydrogens is 168 g/mol. The summed E-state index contributed by atoms with van der Waals surface area (Å²) in [5.74, 6) is 1.58. The first-order chi connectivity index (χ1) is 6.27. The standard InChI is InChI=1S/C10H14O3/c1-8-4-5-9(13-7-11-2)6-10(8)12-3/h4-6H,7H2,1-3H3. The van der Waals surface area contributed by atoms with E-state index in [1.165, 1.54) is 0 Å². The van der Waals surface area contributed by atoms with Crippen molar-refractivity contribution in [3.8, 4) is 11.5 Å². The van der Waals surface area contributed by atoms with Crippen molar-refractivity contribution in [2.45, 2.75) is 6.92 Å². The zero-order valence-electron chi connectivity index (χ0n) is 8.16. The van der Waals surface area contributed by atoms with Crippen LogP contribution in [0.25, 0.3) is 0 Å². The van der Waals surface area contributed by atoms with E-state index in [4.69, 9.17) is 14.2 Å². The third-order valence-electron chi connectivity index (χ3n) is 1.72. The zero-order valence-corrected chi connectivity index (χ0v) is 8.16. The third kappa shape index (κ3) is 2.63. The maximum absolute atomic E-state index is 5.25. The van der Waals surface area contributed by atoms with Crippen LogP contribution >= 0.6 is 0 Å². The van der Waals surface area contributed by atoms with Gasteiger partial charge in [0.05, 0.1) is 7.11 Å². The molecule has 0 aliphatic carbocycles. The molecule has 13 heavy (non-hydrogen) atoms. The Kier molecular flexibility index (Phi) is 3.58. The summed E-state index contributed by atoms with van der Waals surface area (Å²) < 4.78 is 15.2. The fourth-order valence-electron chi connectivity index (χ4n) is 1.02. The van der Waals surface area contributed by atoms with Crippen molar-refractivity contribution < 1.29 is 14.2 Å². The molecular formula is C10H14O3. The topological polar surface area (TPSA) is 27.7 Å². The van der Waals surface area contributed by atoms with Crippen LogP contribution in [0.4, 0.5) is 0 Å². The van der Waals surface area contributed by atoms with Crippen molar-refractivity contribution in [3.05, 3.63) is 23.8 Å². The van der Waals surface area contributed by atoms with Crippen LogP contribution in [0, 0.1) is 6.92 Å². The predicted molar refractivity (Wildman–Crippen MR) is 50.2 cm³/mol. The fraction of sp³-hybridized carbons (Fsp3) is 0.400. The summed E-state index contributed by atoms with van der Waals surface area (Å²) in [5, 5.41) is 0. The van der Waals surface area contributed by atoms with Gasteiger partial charge in [0, 0.05) is 13.2 Å². The average Bonchev–Trinajstić information content (AvgIpc) is 2.16. The van der Waals surface area contributed by atoms with E-state index in [9.17, 15) is 0 Å². The van der Waals surface area contributed by atoms with Crippen LogP contribution in [0.1, 0.15) is 5.56 Å². The van der Waals surface area contributed by atoms with Gasteiger partial charge in [-0.15, -0.1) is 0 Å². The van der Waals surface area contributed by atoms with Crippen molar-refractivity contribution in [2.24, 2.45) is 0 Å². The molecule has 0 spiro atoms. The molecule has 0 saturated heterocycles. The van der Waals surface area contributed by atoms with E-state index in [2.05, 4.69) is 0 Å². The van der Waals surface area contributed by atoms with Crippen LogP contribution in [0.3, 0.4) is 0 Å². The summed E-state index contributed by atoms with van der Waals surface area (Å²) in [6.07, 6.45) is 0. The summed E-state index contributed by atoms with van der Waals surface area (Å²) in [6, 6.07) is 5.68. The maximum atomic E-state index is 5.25. The summed E-state index contributed by atoms with van der Waals surface area (Å²) in [7, 11) is 3.23. The number of ether oxygens (including phenoxy) is 3. The average molecular weight is 182 g/mol. The molecule has 0 heterocycles. The lowest BCUT2D eigenvalue weighted by molar-refractivity contribution is 0.0510. The van der Waals surface area contributed by atoms with Gasteiger partial charge in [0.25, 0.3) is 0 Å². The largest absolute Gasteiger partial charge is 0.496 e. The molecule has 0 bridgehead atoms. The monoisotopic (exact) mass is 182 g/mol. The highest BCUT2D eigenvalue weighted by molar-refractivity contribution is 5.39. The van der Waals surface area contributed by atoms with E-state index < -0.39 is 0 Å². The lowest BCUT2D eigenvalue weighted by Crippen LogP contribution is -1.99. The predicted octanol–water partition coefficient (Wildman–Crippen LogP) is 1.99. The number of hydrogen-bond donors (Lipinski definition) is 0. The van der Waals surface area contributed by atoms with E-state index >= 15 is 0 Å². The van der Waals surface area contributed by atoms with Gasteiger partial charge in [-0.25, -0.2) is 0 Å². The van der Waals surface area contributed by atoms with Crippen molar-refractivity contribution in [2.75, 3.05) is 21.0 Å². The number of methoxy groups -OCH3 is 2. The second-order valence-corrected chi connectivity index (χ2v) is 2.68. The molecule has 0 atom stereocenters. The highest BCUT2D eigenvalue weighted by atomic mass is 16.7. The fourth-order valence-corrected chi connectivity index (χ4v) is 1.02. The summed E-state index contributed by atoms with van der Waals surface area (Å²) >= 11 is 0. The number of rotatable bonds is 4. The summed E-state index contributed by atoms with van der Waals surface area (Å²) in [4.78, 5) is 0. The SMILES string of the molecule is COCOc1ccc(C)c(OC)c1. The highest BCUT2D eigenvalue weighted by Gasteiger charge is 2.00.